The van der Waals surface area contributed by atoms with Gasteiger partial charge in [0.05, 0.1) is 19.6 Å². The van der Waals surface area contributed by atoms with Gasteiger partial charge in [0.25, 0.3) is 5.56 Å². The van der Waals surface area contributed by atoms with E-state index in [-0.39, 0.29) is 47.0 Å². The smallest absolute Gasteiger partial charge is 0.310 e. The number of nitrogens with zero attached hydrogens (tertiary/aromatic N) is 2. The number of hydrogen-bond acceptors (Lipinski definition) is 5. The Hall–Kier alpha value is -3.07. The van der Waals surface area contributed by atoms with Crippen LogP contribution >= 0.6 is 15.9 Å². The maximum atomic E-state index is 13.7. The van der Waals surface area contributed by atoms with Crippen LogP contribution in [0.4, 0.5) is 8.78 Å². The average molecular weight is 493 g/mol. The van der Waals surface area contributed by atoms with Crippen molar-refractivity contribution in [2.45, 2.75) is 26.5 Å². The lowest BCUT2D eigenvalue weighted by Crippen LogP contribution is -2.22. The van der Waals surface area contributed by atoms with Crippen LogP contribution in [0.2, 0.25) is 0 Å². The summed E-state index contributed by atoms with van der Waals surface area (Å²) in [5, 5.41) is 0. The van der Waals surface area contributed by atoms with Crippen LogP contribution in [-0.4, -0.2) is 22.1 Å². The predicted octanol–water partition coefficient (Wildman–Crippen LogP) is 4.02. The third-order valence-corrected chi connectivity index (χ3v) is 5.01. The maximum Gasteiger partial charge on any atom is 0.310 e. The van der Waals surface area contributed by atoms with E-state index >= 15 is 0 Å². The first-order valence-corrected chi connectivity index (χ1v) is 10.2. The van der Waals surface area contributed by atoms with Crippen molar-refractivity contribution >= 4 is 21.9 Å². The minimum Gasteiger partial charge on any atom is -0.472 e. The van der Waals surface area contributed by atoms with Crippen molar-refractivity contribution in [1.82, 2.24) is 9.55 Å². The standard InChI is InChI=1S/C22H19BrF2N2O4/c1-2-30-19(28)9-14-4-3-5-15(8-14)11-27-13-26-21(20(23)22(27)29)31-12-16-6-7-17(24)10-18(16)25/h3-8,10,13H,2,9,11-12H2,1H3. The number of esters is 1. The quantitative estimate of drug-likeness (QED) is 0.444. The summed E-state index contributed by atoms with van der Waals surface area (Å²) in [7, 11) is 0. The van der Waals surface area contributed by atoms with Crippen LogP contribution in [0.15, 0.2) is 58.1 Å². The lowest BCUT2D eigenvalue weighted by atomic mass is 10.1. The van der Waals surface area contributed by atoms with E-state index in [1.807, 2.05) is 18.2 Å². The molecule has 1 aromatic heterocycles. The highest BCUT2D eigenvalue weighted by molar-refractivity contribution is 9.10. The molecule has 0 unspecified atom stereocenters. The second-order valence-corrected chi connectivity index (χ2v) is 7.42. The number of ether oxygens (including phenoxy) is 2. The van der Waals surface area contributed by atoms with Crippen LogP contribution in [0, 0.1) is 11.6 Å². The van der Waals surface area contributed by atoms with Crippen molar-refractivity contribution < 1.29 is 23.0 Å². The lowest BCUT2D eigenvalue weighted by Gasteiger charge is -2.11. The van der Waals surface area contributed by atoms with Crippen molar-refractivity contribution in [3.63, 3.8) is 0 Å². The van der Waals surface area contributed by atoms with Gasteiger partial charge >= 0.3 is 5.97 Å². The second kappa shape index (κ2) is 10.3. The van der Waals surface area contributed by atoms with Crippen molar-refractivity contribution in [2.75, 3.05) is 6.61 Å². The average Bonchev–Trinajstić information content (AvgIpc) is 2.72. The molecular formula is C22H19BrF2N2O4. The summed E-state index contributed by atoms with van der Waals surface area (Å²) in [4.78, 5) is 28.4. The number of halogens is 3. The predicted molar refractivity (Wildman–Crippen MR) is 113 cm³/mol. The summed E-state index contributed by atoms with van der Waals surface area (Å²) < 4.78 is 38.6. The van der Waals surface area contributed by atoms with E-state index < -0.39 is 11.6 Å². The molecule has 0 atom stereocenters. The third-order valence-electron chi connectivity index (χ3n) is 4.33. The molecule has 0 spiro atoms. The molecule has 162 valence electrons. The van der Waals surface area contributed by atoms with Gasteiger partial charge in [0.15, 0.2) is 0 Å². The van der Waals surface area contributed by atoms with Gasteiger partial charge in [-0.15, -0.1) is 0 Å². The molecule has 0 bridgehead atoms. The molecule has 0 amide bonds. The zero-order valence-corrected chi connectivity index (χ0v) is 18.2. The molecule has 9 heteroatoms. The van der Waals surface area contributed by atoms with Crippen molar-refractivity contribution in [1.29, 1.82) is 0 Å². The van der Waals surface area contributed by atoms with Gasteiger partial charge in [0.1, 0.15) is 29.0 Å². The van der Waals surface area contributed by atoms with Gasteiger partial charge in [-0.3, -0.25) is 14.2 Å². The summed E-state index contributed by atoms with van der Waals surface area (Å²) >= 11 is 3.18. The molecule has 0 radical (unpaired) electrons. The molecule has 3 aromatic rings. The molecule has 0 fully saturated rings. The number of aromatic nitrogens is 2. The molecular weight excluding hydrogens is 474 g/mol. The molecule has 1 heterocycles. The van der Waals surface area contributed by atoms with Crippen LogP contribution in [0.5, 0.6) is 5.88 Å². The first-order chi connectivity index (χ1) is 14.9. The van der Waals surface area contributed by atoms with E-state index in [1.165, 1.54) is 17.0 Å². The zero-order valence-electron chi connectivity index (χ0n) is 16.6. The summed E-state index contributed by atoms with van der Waals surface area (Å²) in [6.07, 6.45) is 1.46. The van der Waals surface area contributed by atoms with E-state index in [1.54, 1.807) is 13.0 Å². The molecule has 3 rings (SSSR count). The monoisotopic (exact) mass is 492 g/mol. The number of hydrogen-bond donors (Lipinski definition) is 0. The van der Waals surface area contributed by atoms with E-state index in [0.717, 1.165) is 23.3 Å². The first-order valence-electron chi connectivity index (χ1n) is 9.42. The minimum absolute atomic E-state index is 0.000960. The highest BCUT2D eigenvalue weighted by Gasteiger charge is 2.13. The van der Waals surface area contributed by atoms with Crippen LogP contribution in [-0.2, 0) is 29.1 Å². The summed E-state index contributed by atoms with van der Waals surface area (Å²) in [6, 6.07) is 10.4. The fourth-order valence-corrected chi connectivity index (χ4v) is 3.30. The van der Waals surface area contributed by atoms with Crippen molar-refractivity contribution in [3.8, 4) is 5.88 Å². The van der Waals surface area contributed by atoms with Crippen LogP contribution in [0.3, 0.4) is 0 Å². The zero-order chi connectivity index (χ0) is 22.4. The Morgan fingerprint density at radius 2 is 1.94 bits per heavy atom. The number of benzene rings is 2. The summed E-state index contributed by atoms with van der Waals surface area (Å²) in [5.41, 5.74) is 1.33. The fraction of sp³-hybridized carbons (Fsp3) is 0.227. The van der Waals surface area contributed by atoms with E-state index in [0.29, 0.717) is 6.61 Å². The fourth-order valence-electron chi connectivity index (χ4n) is 2.86. The van der Waals surface area contributed by atoms with Gasteiger partial charge in [-0.05, 0) is 46.1 Å². The highest BCUT2D eigenvalue weighted by Crippen LogP contribution is 2.20. The highest BCUT2D eigenvalue weighted by atomic mass is 79.9. The van der Waals surface area contributed by atoms with E-state index in [9.17, 15) is 18.4 Å². The normalized spacial score (nSPS) is 10.7. The van der Waals surface area contributed by atoms with Crippen molar-refractivity contribution in [3.05, 3.63) is 91.9 Å². The molecule has 0 saturated carbocycles. The maximum absolute atomic E-state index is 13.7. The third kappa shape index (κ3) is 5.97. The molecule has 6 nitrogen and oxygen atoms in total. The molecule has 0 aliphatic heterocycles. The summed E-state index contributed by atoms with van der Waals surface area (Å²) in [6.45, 7) is 2.08. The second-order valence-electron chi connectivity index (χ2n) is 6.62. The van der Waals surface area contributed by atoms with Gasteiger partial charge in [-0.1, -0.05) is 24.3 Å². The van der Waals surface area contributed by atoms with Crippen LogP contribution in [0.1, 0.15) is 23.6 Å². The van der Waals surface area contributed by atoms with Crippen LogP contribution in [0.25, 0.3) is 0 Å². The van der Waals surface area contributed by atoms with Crippen molar-refractivity contribution in [2.24, 2.45) is 0 Å². The Labute approximate surface area is 185 Å². The number of carbonyl (C=O) groups excluding carboxylic acids is 1. The lowest BCUT2D eigenvalue weighted by molar-refractivity contribution is -0.142. The number of rotatable bonds is 8. The first kappa shape index (κ1) is 22.6. The van der Waals surface area contributed by atoms with Gasteiger partial charge < -0.3 is 9.47 Å². The molecule has 31 heavy (non-hydrogen) atoms. The van der Waals surface area contributed by atoms with E-state index in [4.69, 9.17) is 9.47 Å². The van der Waals surface area contributed by atoms with E-state index in [2.05, 4.69) is 20.9 Å². The Bertz CT molecular complexity index is 1150. The number of carbonyl (C=O) groups is 1. The SMILES string of the molecule is CCOC(=O)Cc1cccc(Cn2cnc(OCc3ccc(F)cc3F)c(Br)c2=O)c1. The minimum atomic E-state index is -0.743. The van der Waals surface area contributed by atoms with Gasteiger partial charge in [0.2, 0.25) is 5.88 Å². The Morgan fingerprint density at radius 1 is 1.16 bits per heavy atom. The molecule has 0 aliphatic carbocycles. The Kier molecular flexibility index (Phi) is 7.51. The molecule has 2 aromatic carbocycles. The Morgan fingerprint density at radius 3 is 2.68 bits per heavy atom. The summed E-state index contributed by atoms with van der Waals surface area (Å²) in [5.74, 6) is -1.75. The van der Waals surface area contributed by atoms with Gasteiger partial charge in [0, 0.05) is 11.6 Å². The molecule has 0 saturated heterocycles. The molecule has 0 aliphatic rings. The van der Waals surface area contributed by atoms with Gasteiger partial charge in [-0.25, -0.2) is 13.8 Å². The van der Waals surface area contributed by atoms with Crippen LogP contribution < -0.4 is 10.3 Å². The molecule has 0 N–H and O–H groups in total. The van der Waals surface area contributed by atoms with Gasteiger partial charge in [-0.2, -0.15) is 0 Å². The topological polar surface area (TPSA) is 70.4 Å². The largest absolute Gasteiger partial charge is 0.472 e. The Balaban J connectivity index is 1.72.